The van der Waals surface area contributed by atoms with Gasteiger partial charge in [0.25, 0.3) is 0 Å². The van der Waals surface area contributed by atoms with Crippen molar-refractivity contribution in [2.75, 3.05) is 0 Å². The number of carboxylic acid groups (broad SMARTS) is 1. The van der Waals surface area contributed by atoms with Gasteiger partial charge in [-0.3, -0.25) is 0 Å². The molecule has 1 rings (SSSR count). The van der Waals surface area contributed by atoms with Crippen LogP contribution in [0.5, 0.6) is 0 Å². The van der Waals surface area contributed by atoms with E-state index in [-0.39, 0.29) is 12.0 Å². The molecule has 0 aromatic heterocycles. The smallest absolute Gasteiger partial charge is 0.340 e. The van der Waals surface area contributed by atoms with Gasteiger partial charge < -0.3 is 10.2 Å². The zero-order valence-electron chi connectivity index (χ0n) is 7.70. The van der Waals surface area contributed by atoms with E-state index in [0.29, 0.717) is 0 Å². The lowest BCUT2D eigenvalue weighted by Crippen LogP contribution is -2.34. The summed E-state index contributed by atoms with van der Waals surface area (Å²) in [6.07, 6.45) is 0.0357. The Labute approximate surface area is 80.8 Å². The molecule has 0 bridgehead atoms. The Balaban J connectivity index is 3.13. The predicted molar refractivity (Wildman–Crippen MR) is 48.2 cm³/mol. The number of hydrogen-bond donors (Lipinski definition) is 2. The van der Waals surface area contributed by atoms with Gasteiger partial charge in [0.2, 0.25) is 0 Å². The maximum atomic E-state index is 12.6. The fourth-order valence-corrected chi connectivity index (χ4v) is 1.20. The van der Waals surface area contributed by atoms with E-state index in [4.69, 9.17) is 5.11 Å². The molecule has 1 unspecified atom stereocenters. The Morgan fingerprint density at radius 2 is 1.93 bits per heavy atom. The second-order valence-corrected chi connectivity index (χ2v) is 3.03. The average molecular weight is 198 g/mol. The van der Waals surface area contributed by atoms with Crippen LogP contribution in [-0.2, 0) is 10.4 Å². The van der Waals surface area contributed by atoms with E-state index in [0.717, 1.165) is 12.1 Å². The highest BCUT2D eigenvalue weighted by Gasteiger charge is 2.35. The zero-order valence-corrected chi connectivity index (χ0v) is 7.70. The highest BCUT2D eigenvalue weighted by Crippen LogP contribution is 2.25. The molecule has 0 spiro atoms. The topological polar surface area (TPSA) is 57.5 Å². The molecule has 0 heterocycles. The molecule has 0 radical (unpaired) electrons. The highest BCUT2D eigenvalue weighted by molar-refractivity contribution is 5.78. The third-order valence-corrected chi connectivity index (χ3v) is 2.19. The molecule has 76 valence electrons. The van der Waals surface area contributed by atoms with Crippen LogP contribution in [0.3, 0.4) is 0 Å². The van der Waals surface area contributed by atoms with Gasteiger partial charge in [-0.25, -0.2) is 9.18 Å². The quantitative estimate of drug-likeness (QED) is 0.773. The van der Waals surface area contributed by atoms with Crippen molar-refractivity contribution in [3.63, 3.8) is 0 Å². The van der Waals surface area contributed by atoms with E-state index in [1.54, 1.807) is 6.92 Å². The maximum Gasteiger partial charge on any atom is 0.340 e. The number of aliphatic carboxylic acids is 1. The number of carbonyl (C=O) groups is 1. The fraction of sp³-hybridized carbons (Fsp3) is 0.300. The summed E-state index contributed by atoms with van der Waals surface area (Å²) in [7, 11) is 0. The summed E-state index contributed by atoms with van der Waals surface area (Å²) >= 11 is 0. The first kappa shape index (κ1) is 10.7. The third-order valence-electron chi connectivity index (χ3n) is 2.19. The number of halogens is 1. The first-order valence-electron chi connectivity index (χ1n) is 4.22. The predicted octanol–water partition coefficient (Wildman–Crippen LogP) is 1.51. The highest BCUT2D eigenvalue weighted by atomic mass is 19.1. The van der Waals surface area contributed by atoms with E-state index in [1.165, 1.54) is 12.1 Å². The van der Waals surface area contributed by atoms with Crippen molar-refractivity contribution in [3.05, 3.63) is 35.6 Å². The van der Waals surface area contributed by atoms with Gasteiger partial charge in [-0.15, -0.1) is 0 Å². The van der Waals surface area contributed by atoms with Crippen molar-refractivity contribution in [3.8, 4) is 0 Å². The number of carboxylic acids is 1. The van der Waals surface area contributed by atoms with Crippen LogP contribution in [0.4, 0.5) is 4.39 Å². The van der Waals surface area contributed by atoms with Gasteiger partial charge in [0.1, 0.15) is 5.82 Å². The SMILES string of the molecule is CCC(O)(C(=O)O)c1ccc(F)cc1. The van der Waals surface area contributed by atoms with Gasteiger partial charge in [-0.2, -0.15) is 0 Å². The van der Waals surface area contributed by atoms with Crippen LogP contribution < -0.4 is 0 Å². The Hall–Kier alpha value is -1.42. The van der Waals surface area contributed by atoms with Crippen LogP contribution in [0.15, 0.2) is 24.3 Å². The Kier molecular flexibility index (Phi) is 2.86. The summed E-state index contributed by atoms with van der Waals surface area (Å²) in [6, 6.07) is 4.79. The summed E-state index contributed by atoms with van der Waals surface area (Å²) in [4.78, 5) is 10.8. The molecule has 0 saturated heterocycles. The standard InChI is InChI=1S/C10H11FO3/c1-2-10(14,9(12)13)7-3-5-8(11)6-4-7/h3-6,14H,2H2,1H3,(H,12,13). The molecule has 14 heavy (non-hydrogen) atoms. The van der Waals surface area contributed by atoms with E-state index in [2.05, 4.69) is 0 Å². The number of benzene rings is 1. The summed E-state index contributed by atoms with van der Waals surface area (Å²) < 4.78 is 12.6. The summed E-state index contributed by atoms with van der Waals surface area (Å²) in [5, 5.41) is 18.5. The lowest BCUT2D eigenvalue weighted by Gasteiger charge is -2.21. The molecule has 1 atom stereocenters. The maximum absolute atomic E-state index is 12.6. The molecule has 0 aliphatic heterocycles. The van der Waals surface area contributed by atoms with Crippen LogP contribution in [0, 0.1) is 5.82 Å². The Morgan fingerprint density at radius 3 is 2.29 bits per heavy atom. The van der Waals surface area contributed by atoms with Crippen molar-refractivity contribution >= 4 is 5.97 Å². The third kappa shape index (κ3) is 1.75. The number of aliphatic hydroxyl groups is 1. The van der Waals surface area contributed by atoms with Gasteiger partial charge in [-0.05, 0) is 24.1 Å². The van der Waals surface area contributed by atoms with E-state index >= 15 is 0 Å². The molecule has 2 N–H and O–H groups in total. The molecule has 1 aromatic rings. The van der Waals surface area contributed by atoms with Crippen LogP contribution in [0.25, 0.3) is 0 Å². The lowest BCUT2D eigenvalue weighted by molar-refractivity contribution is -0.160. The minimum atomic E-state index is -1.92. The summed E-state index contributed by atoms with van der Waals surface area (Å²) in [5.74, 6) is -1.79. The van der Waals surface area contributed by atoms with Crippen LogP contribution in [0.2, 0.25) is 0 Å². The number of hydrogen-bond acceptors (Lipinski definition) is 2. The minimum absolute atomic E-state index is 0.0357. The molecule has 0 aliphatic carbocycles. The first-order valence-corrected chi connectivity index (χ1v) is 4.22. The lowest BCUT2D eigenvalue weighted by atomic mass is 9.91. The van der Waals surface area contributed by atoms with Crippen molar-refractivity contribution in [1.29, 1.82) is 0 Å². The molecule has 4 heteroatoms. The molecule has 3 nitrogen and oxygen atoms in total. The van der Waals surface area contributed by atoms with E-state index < -0.39 is 17.4 Å². The van der Waals surface area contributed by atoms with Crippen LogP contribution in [0.1, 0.15) is 18.9 Å². The second-order valence-electron chi connectivity index (χ2n) is 3.03. The second kappa shape index (κ2) is 3.75. The van der Waals surface area contributed by atoms with Gasteiger partial charge in [0.15, 0.2) is 5.60 Å². The molecule has 0 saturated carbocycles. The van der Waals surface area contributed by atoms with Crippen molar-refractivity contribution < 1.29 is 19.4 Å². The molecule has 0 amide bonds. The molecule has 0 aliphatic rings. The van der Waals surface area contributed by atoms with Crippen molar-refractivity contribution in [2.45, 2.75) is 18.9 Å². The fourth-order valence-electron chi connectivity index (χ4n) is 1.20. The van der Waals surface area contributed by atoms with E-state index in [9.17, 15) is 14.3 Å². The van der Waals surface area contributed by atoms with Gasteiger partial charge in [0.05, 0.1) is 0 Å². The normalized spacial score (nSPS) is 14.8. The van der Waals surface area contributed by atoms with Crippen LogP contribution >= 0.6 is 0 Å². The Morgan fingerprint density at radius 1 is 1.43 bits per heavy atom. The molecular weight excluding hydrogens is 187 g/mol. The van der Waals surface area contributed by atoms with Gasteiger partial charge in [-0.1, -0.05) is 19.1 Å². The summed E-state index contributed by atoms with van der Waals surface area (Å²) in [5.41, 5.74) is -1.73. The van der Waals surface area contributed by atoms with E-state index in [1.807, 2.05) is 0 Å². The monoisotopic (exact) mass is 198 g/mol. The average Bonchev–Trinajstić information content (AvgIpc) is 2.17. The van der Waals surface area contributed by atoms with Crippen molar-refractivity contribution in [2.24, 2.45) is 0 Å². The van der Waals surface area contributed by atoms with Crippen molar-refractivity contribution in [1.82, 2.24) is 0 Å². The largest absolute Gasteiger partial charge is 0.479 e. The summed E-state index contributed by atoms with van der Waals surface area (Å²) in [6.45, 7) is 1.55. The van der Waals surface area contributed by atoms with Gasteiger partial charge >= 0.3 is 5.97 Å². The minimum Gasteiger partial charge on any atom is -0.479 e. The Bertz CT molecular complexity index is 334. The first-order chi connectivity index (χ1) is 6.50. The molecule has 0 fully saturated rings. The number of rotatable bonds is 3. The van der Waals surface area contributed by atoms with Crippen LogP contribution in [-0.4, -0.2) is 16.2 Å². The van der Waals surface area contributed by atoms with Gasteiger partial charge in [0, 0.05) is 0 Å². The molecule has 1 aromatic carbocycles. The zero-order chi connectivity index (χ0) is 10.8. The molecular formula is C10H11FO3.